The number of aliphatic hydroxyl groups excluding tert-OH is 2. The predicted octanol–water partition coefficient (Wildman–Crippen LogP) is 25.1. The van der Waals surface area contributed by atoms with Crippen LogP contribution >= 0.6 is 0 Å². The molecule has 0 aliphatic carbocycles. The summed E-state index contributed by atoms with van der Waals surface area (Å²) in [6, 6.07) is -0.622. The molecule has 4 nitrogen and oxygen atoms in total. The van der Waals surface area contributed by atoms with Crippen molar-refractivity contribution in [3.8, 4) is 0 Å². The molecule has 2 unspecified atom stereocenters. The summed E-state index contributed by atoms with van der Waals surface area (Å²) in [6.45, 7) is 4.35. The van der Waals surface area contributed by atoms with Crippen molar-refractivity contribution in [1.29, 1.82) is 0 Å². The summed E-state index contributed by atoms with van der Waals surface area (Å²) in [7, 11) is 0. The van der Waals surface area contributed by atoms with Gasteiger partial charge in [-0.25, -0.2) is 0 Å². The number of aliphatic hydroxyl groups is 2. The number of rotatable bonds is 69. The van der Waals surface area contributed by atoms with Gasteiger partial charge in [-0.15, -0.1) is 0 Å². The highest BCUT2D eigenvalue weighted by Crippen LogP contribution is 2.20. The lowest BCUT2D eigenvalue weighted by Crippen LogP contribution is -2.45. The van der Waals surface area contributed by atoms with Crippen molar-refractivity contribution in [3.05, 3.63) is 36.5 Å². The Labute approximate surface area is 497 Å². The zero-order valence-electron chi connectivity index (χ0n) is 54.2. The number of carbonyl (C=O) groups is 1. The van der Waals surface area contributed by atoms with Gasteiger partial charge in [0.15, 0.2) is 0 Å². The fourth-order valence-electron chi connectivity index (χ4n) is 11.8. The first-order chi connectivity index (χ1) is 39.2. The van der Waals surface area contributed by atoms with Gasteiger partial charge in [0.2, 0.25) is 5.91 Å². The lowest BCUT2D eigenvalue weighted by molar-refractivity contribution is -0.123. The summed E-state index contributed by atoms with van der Waals surface area (Å²) in [6.07, 6.45) is 98.3. The van der Waals surface area contributed by atoms with E-state index in [9.17, 15) is 15.0 Å². The van der Waals surface area contributed by atoms with Gasteiger partial charge in [-0.05, 0) is 51.4 Å². The first kappa shape index (κ1) is 77.6. The fraction of sp³-hybridized carbons (Fsp3) is 0.907. The number of amides is 1. The maximum Gasteiger partial charge on any atom is 0.220 e. The molecule has 0 spiro atoms. The second-order valence-corrected chi connectivity index (χ2v) is 25.4. The maximum atomic E-state index is 12.6. The van der Waals surface area contributed by atoms with Gasteiger partial charge in [-0.1, -0.05) is 397 Å². The van der Waals surface area contributed by atoms with E-state index >= 15 is 0 Å². The Morgan fingerprint density at radius 2 is 0.519 bits per heavy atom. The third kappa shape index (κ3) is 67.3. The molecule has 0 saturated heterocycles. The molecule has 0 bridgehead atoms. The number of hydrogen-bond donors (Lipinski definition) is 3. The highest BCUT2D eigenvalue weighted by atomic mass is 16.3. The lowest BCUT2D eigenvalue weighted by atomic mass is 10.0. The molecule has 79 heavy (non-hydrogen) atoms. The summed E-state index contributed by atoms with van der Waals surface area (Å²) >= 11 is 0. The Morgan fingerprint density at radius 3 is 0.759 bits per heavy atom. The monoisotopic (exact) mass is 1110 g/mol. The van der Waals surface area contributed by atoms with Crippen LogP contribution in [0.1, 0.15) is 418 Å². The summed E-state index contributed by atoms with van der Waals surface area (Å²) < 4.78 is 0. The van der Waals surface area contributed by atoms with E-state index in [1.54, 1.807) is 6.08 Å². The van der Waals surface area contributed by atoms with Crippen LogP contribution in [0.25, 0.3) is 0 Å². The summed E-state index contributed by atoms with van der Waals surface area (Å²) in [5.41, 5.74) is 0. The molecule has 4 heteroatoms. The molecule has 0 aliphatic heterocycles. The van der Waals surface area contributed by atoms with Crippen LogP contribution in [0.4, 0.5) is 0 Å². The average Bonchev–Trinajstić information content (AvgIpc) is 3.45. The van der Waals surface area contributed by atoms with Crippen molar-refractivity contribution in [1.82, 2.24) is 5.32 Å². The molecule has 3 N–H and O–H groups in total. The number of carbonyl (C=O) groups excluding carboxylic acids is 1. The smallest absolute Gasteiger partial charge is 0.220 e. The van der Waals surface area contributed by atoms with Crippen LogP contribution in [0, 0.1) is 0 Å². The van der Waals surface area contributed by atoms with Crippen molar-refractivity contribution in [2.24, 2.45) is 0 Å². The van der Waals surface area contributed by atoms with Crippen molar-refractivity contribution >= 4 is 5.91 Å². The van der Waals surface area contributed by atoms with Crippen LogP contribution in [0.5, 0.6) is 0 Å². The number of nitrogens with one attached hydrogen (secondary N) is 1. The Balaban J connectivity index is 3.40. The first-order valence-corrected chi connectivity index (χ1v) is 36.7. The van der Waals surface area contributed by atoms with E-state index in [2.05, 4.69) is 43.5 Å². The highest BCUT2D eigenvalue weighted by molar-refractivity contribution is 5.76. The molecule has 0 aromatic heterocycles. The van der Waals surface area contributed by atoms with Gasteiger partial charge < -0.3 is 15.5 Å². The van der Waals surface area contributed by atoms with Crippen LogP contribution in [0.2, 0.25) is 0 Å². The van der Waals surface area contributed by atoms with Gasteiger partial charge in [0, 0.05) is 6.42 Å². The molecule has 0 aromatic carbocycles. The van der Waals surface area contributed by atoms with Gasteiger partial charge >= 0.3 is 0 Å². The average molecular weight is 1110 g/mol. The molecule has 0 rings (SSSR count). The molecular weight excluding hydrogens is 963 g/mol. The van der Waals surface area contributed by atoms with E-state index in [0.29, 0.717) is 6.42 Å². The minimum Gasteiger partial charge on any atom is -0.394 e. The topological polar surface area (TPSA) is 69.6 Å². The summed E-state index contributed by atoms with van der Waals surface area (Å²) in [4.78, 5) is 12.6. The summed E-state index contributed by atoms with van der Waals surface area (Å²) in [5.74, 6) is -0.0544. The van der Waals surface area contributed by atoms with E-state index in [-0.39, 0.29) is 12.5 Å². The van der Waals surface area contributed by atoms with Gasteiger partial charge in [0.05, 0.1) is 18.8 Å². The largest absolute Gasteiger partial charge is 0.394 e. The molecule has 0 heterocycles. The van der Waals surface area contributed by atoms with Gasteiger partial charge in [0.25, 0.3) is 0 Å². The van der Waals surface area contributed by atoms with Crippen LogP contribution < -0.4 is 5.32 Å². The standard InChI is InChI=1S/C75H145NO3/c1-3-5-7-9-11-13-15-17-19-21-23-25-27-29-31-33-35-36-37-38-39-40-41-43-45-47-49-51-53-55-57-59-61-63-65-67-69-71-75(79)76-73(72-77)74(78)70-68-66-64-62-60-58-56-54-52-50-48-46-44-42-34-32-30-28-26-24-22-20-18-16-14-12-10-8-6-4-2/h15,17,21,23,68,70,73-74,77-78H,3-14,16,18-20,22,24-67,69,71-72H2,1-2H3,(H,76,79)/b17-15-,23-21-,70-68+. The third-order valence-electron chi connectivity index (χ3n) is 17.4. The summed E-state index contributed by atoms with van der Waals surface area (Å²) in [5, 5.41) is 23.3. The van der Waals surface area contributed by atoms with E-state index in [4.69, 9.17) is 0 Å². The molecule has 0 aliphatic rings. The van der Waals surface area contributed by atoms with Crippen molar-refractivity contribution in [2.75, 3.05) is 6.61 Å². The van der Waals surface area contributed by atoms with Gasteiger partial charge in [-0.3, -0.25) is 4.79 Å². The Hall–Kier alpha value is -1.39. The number of hydrogen-bond acceptors (Lipinski definition) is 3. The minimum absolute atomic E-state index is 0.0544. The maximum absolute atomic E-state index is 12.6. The Kier molecular flexibility index (Phi) is 69.6. The van der Waals surface area contributed by atoms with Crippen LogP contribution in [-0.4, -0.2) is 34.9 Å². The minimum atomic E-state index is -0.839. The predicted molar refractivity (Wildman–Crippen MR) is 355 cm³/mol. The van der Waals surface area contributed by atoms with E-state index in [1.807, 2.05) is 6.08 Å². The quantitative estimate of drug-likeness (QED) is 0.0420. The van der Waals surface area contributed by atoms with Crippen LogP contribution in [-0.2, 0) is 4.79 Å². The third-order valence-corrected chi connectivity index (χ3v) is 17.4. The second kappa shape index (κ2) is 70.9. The first-order valence-electron chi connectivity index (χ1n) is 36.7. The molecule has 0 aromatic rings. The van der Waals surface area contributed by atoms with E-state index < -0.39 is 12.1 Å². The van der Waals surface area contributed by atoms with Crippen molar-refractivity contribution in [2.45, 2.75) is 431 Å². The molecule has 0 fully saturated rings. The zero-order valence-corrected chi connectivity index (χ0v) is 54.2. The van der Waals surface area contributed by atoms with Gasteiger partial charge in [-0.2, -0.15) is 0 Å². The SMILES string of the molecule is CCCCCCC/C=C\C/C=C\CCCCCCCCCCCCCCCCCCCCCCCCCCCC(=O)NC(CO)C(O)/C=C/CCCCCCCCCCCCCCCCCCCCCCCCCCCCCC. The van der Waals surface area contributed by atoms with Crippen molar-refractivity contribution in [3.63, 3.8) is 0 Å². The Morgan fingerprint density at radius 1 is 0.304 bits per heavy atom. The number of unbranched alkanes of at least 4 members (excludes halogenated alkanes) is 58. The lowest BCUT2D eigenvalue weighted by Gasteiger charge is -2.20. The molecule has 1 amide bonds. The highest BCUT2D eigenvalue weighted by Gasteiger charge is 2.18. The normalized spacial score (nSPS) is 12.8. The molecule has 0 saturated carbocycles. The second-order valence-electron chi connectivity index (χ2n) is 25.4. The van der Waals surface area contributed by atoms with E-state index in [1.165, 1.54) is 366 Å². The van der Waals surface area contributed by atoms with E-state index in [0.717, 1.165) is 32.1 Å². The van der Waals surface area contributed by atoms with Crippen LogP contribution in [0.15, 0.2) is 36.5 Å². The number of allylic oxidation sites excluding steroid dienone is 5. The molecule has 0 radical (unpaired) electrons. The molecule has 468 valence electrons. The van der Waals surface area contributed by atoms with Crippen LogP contribution in [0.3, 0.4) is 0 Å². The molecular formula is C75H145NO3. The zero-order chi connectivity index (χ0) is 56.9. The molecule has 2 atom stereocenters. The fourth-order valence-corrected chi connectivity index (χ4v) is 11.8. The Bertz CT molecular complexity index is 1210. The van der Waals surface area contributed by atoms with Crippen molar-refractivity contribution < 1.29 is 15.0 Å². The van der Waals surface area contributed by atoms with Gasteiger partial charge in [0.1, 0.15) is 0 Å².